The number of fused-ring (bicyclic) bond motifs is 4. The van der Waals surface area contributed by atoms with E-state index in [4.69, 9.17) is 11.6 Å². The predicted molar refractivity (Wildman–Crippen MR) is 112 cm³/mol. The highest BCUT2D eigenvalue weighted by molar-refractivity contribution is 6.32. The molecule has 10 heteroatoms. The molecule has 0 aromatic heterocycles. The van der Waals surface area contributed by atoms with E-state index >= 15 is 0 Å². The average molecular weight is 441 g/mol. The SMILES string of the molecule is O=C1NC(=O)[C@@]2(Cc3cc([N+](=O)[O-])ccc3N3CCC[C@H]32)C(=O)N1c1ccc(Cl)cc1. The molecule has 2 saturated heterocycles. The van der Waals surface area contributed by atoms with Crippen LogP contribution in [0.5, 0.6) is 0 Å². The Balaban J connectivity index is 1.66. The van der Waals surface area contributed by atoms with E-state index in [1.807, 2.05) is 4.90 Å². The molecular formula is C21H17ClN4O5. The van der Waals surface area contributed by atoms with Gasteiger partial charge >= 0.3 is 6.03 Å². The van der Waals surface area contributed by atoms with Crippen molar-refractivity contribution < 1.29 is 19.3 Å². The first-order chi connectivity index (χ1) is 14.8. The molecule has 2 atom stereocenters. The Morgan fingerprint density at radius 1 is 1.13 bits per heavy atom. The van der Waals surface area contributed by atoms with Crippen LogP contribution in [0, 0.1) is 15.5 Å². The first kappa shape index (κ1) is 19.5. The van der Waals surface area contributed by atoms with Crippen LogP contribution in [0.2, 0.25) is 5.02 Å². The Morgan fingerprint density at radius 3 is 2.58 bits per heavy atom. The average Bonchev–Trinajstić information content (AvgIpc) is 3.23. The summed E-state index contributed by atoms with van der Waals surface area (Å²) in [6.07, 6.45) is 1.34. The summed E-state index contributed by atoms with van der Waals surface area (Å²) in [4.78, 5) is 53.4. The molecule has 1 spiro atoms. The molecule has 31 heavy (non-hydrogen) atoms. The van der Waals surface area contributed by atoms with Gasteiger partial charge in [0, 0.05) is 35.8 Å². The van der Waals surface area contributed by atoms with Gasteiger partial charge in [0.1, 0.15) is 0 Å². The molecule has 2 fully saturated rings. The van der Waals surface area contributed by atoms with Crippen molar-refractivity contribution in [3.05, 3.63) is 63.2 Å². The van der Waals surface area contributed by atoms with Gasteiger partial charge in [0.2, 0.25) is 5.91 Å². The highest BCUT2D eigenvalue weighted by Crippen LogP contribution is 2.49. The van der Waals surface area contributed by atoms with E-state index in [1.165, 1.54) is 24.3 Å². The van der Waals surface area contributed by atoms with Crippen LogP contribution in [0.1, 0.15) is 18.4 Å². The summed E-state index contributed by atoms with van der Waals surface area (Å²) >= 11 is 5.94. The summed E-state index contributed by atoms with van der Waals surface area (Å²) < 4.78 is 0. The van der Waals surface area contributed by atoms with Crippen molar-refractivity contribution in [2.75, 3.05) is 16.3 Å². The summed E-state index contributed by atoms with van der Waals surface area (Å²) in [6, 6.07) is 9.44. The fourth-order valence-corrected chi connectivity index (χ4v) is 5.15. The lowest BCUT2D eigenvalue weighted by molar-refractivity contribution is -0.384. The number of hydrogen-bond acceptors (Lipinski definition) is 6. The molecule has 2 aromatic carbocycles. The highest BCUT2D eigenvalue weighted by atomic mass is 35.5. The smallest absolute Gasteiger partial charge is 0.335 e. The number of rotatable bonds is 2. The Morgan fingerprint density at radius 2 is 1.87 bits per heavy atom. The predicted octanol–water partition coefficient (Wildman–Crippen LogP) is 3.04. The number of nitrogens with one attached hydrogen (secondary N) is 1. The van der Waals surface area contributed by atoms with Crippen LogP contribution >= 0.6 is 11.6 Å². The van der Waals surface area contributed by atoms with Crippen molar-refractivity contribution in [2.24, 2.45) is 5.41 Å². The number of urea groups is 1. The van der Waals surface area contributed by atoms with Gasteiger partial charge in [0.15, 0.2) is 5.41 Å². The van der Waals surface area contributed by atoms with Crippen LogP contribution in [0.15, 0.2) is 42.5 Å². The lowest BCUT2D eigenvalue weighted by atomic mass is 9.68. The van der Waals surface area contributed by atoms with E-state index in [9.17, 15) is 24.5 Å². The van der Waals surface area contributed by atoms with Gasteiger partial charge < -0.3 is 4.90 Å². The molecule has 3 aliphatic rings. The van der Waals surface area contributed by atoms with Crippen LogP contribution in [0.25, 0.3) is 0 Å². The van der Waals surface area contributed by atoms with Gasteiger partial charge in [-0.15, -0.1) is 0 Å². The molecule has 9 nitrogen and oxygen atoms in total. The lowest BCUT2D eigenvalue weighted by Gasteiger charge is -2.49. The van der Waals surface area contributed by atoms with E-state index in [0.29, 0.717) is 29.2 Å². The van der Waals surface area contributed by atoms with Crippen molar-refractivity contribution >= 4 is 46.5 Å². The summed E-state index contributed by atoms with van der Waals surface area (Å²) in [5.74, 6) is -1.29. The van der Waals surface area contributed by atoms with Crippen LogP contribution in [0.4, 0.5) is 21.9 Å². The van der Waals surface area contributed by atoms with Gasteiger partial charge in [-0.05, 0) is 48.7 Å². The zero-order valence-corrected chi connectivity index (χ0v) is 17.0. The van der Waals surface area contributed by atoms with Crippen molar-refractivity contribution in [1.82, 2.24) is 5.32 Å². The van der Waals surface area contributed by atoms with E-state index in [2.05, 4.69) is 5.32 Å². The standard InChI is InChI=1S/C21H17ClN4O5/c22-13-3-5-14(6-4-13)25-19(28)21(18(27)23-20(25)29)11-12-10-15(26(30)31)7-8-16(12)24-9-1-2-17(21)24/h3-8,10,17H,1-2,9,11H2,(H,23,27,29)/t17-,21-/m0/s1. The molecule has 3 aliphatic heterocycles. The molecule has 0 radical (unpaired) electrons. The van der Waals surface area contributed by atoms with Gasteiger partial charge in [-0.25, -0.2) is 9.69 Å². The lowest BCUT2D eigenvalue weighted by Crippen LogP contribution is -2.71. The minimum atomic E-state index is -1.56. The molecule has 0 aliphatic carbocycles. The van der Waals surface area contributed by atoms with Crippen LogP contribution in [0.3, 0.4) is 0 Å². The maximum atomic E-state index is 13.8. The first-order valence-electron chi connectivity index (χ1n) is 9.82. The number of carbonyl (C=O) groups excluding carboxylic acids is 3. The summed E-state index contributed by atoms with van der Waals surface area (Å²) in [7, 11) is 0. The van der Waals surface area contributed by atoms with Crippen molar-refractivity contribution in [1.29, 1.82) is 0 Å². The number of anilines is 2. The Labute approximate surface area is 181 Å². The number of halogens is 1. The van der Waals surface area contributed by atoms with Crippen molar-refractivity contribution in [3.8, 4) is 0 Å². The maximum absolute atomic E-state index is 13.8. The monoisotopic (exact) mass is 440 g/mol. The van der Waals surface area contributed by atoms with Crippen LogP contribution in [-0.2, 0) is 16.0 Å². The number of nitro groups is 1. The van der Waals surface area contributed by atoms with Gasteiger partial charge in [0.25, 0.3) is 11.6 Å². The number of carbonyl (C=O) groups is 3. The zero-order chi connectivity index (χ0) is 21.9. The first-order valence-corrected chi connectivity index (χ1v) is 10.2. The zero-order valence-electron chi connectivity index (χ0n) is 16.2. The van der Waals surface area contributed by atoms with Gasteiger partial charge in [-0.1, -0.05) is 11.6 Å². The highest BCUT2D eigenvalue weighted by Gasteiger charge is 2.63. The minimum absolute atomic E-state index is 0.0206. The second-order valence-corrected chi connectivity index (χ2v) is 8.38. The van der Waals surface area contributed by atoms with Gasteiger partial charge in [0.05, 0.1) is 16.7 Å². The number of barbiturate groups is 1. The molecule has 0 unspecified atom stereocenters. The van der Waals surface area contributed by atoms with E-state index in [-0.39, 0.29) is 12.1 Å². The second kappa shape index (κ2) is 6.78. The number of nitrogens with zero attached hydrogens (tertiary/aromatic N) is 3. The van der Waals surface area contributed by atoms with Crippen LogP contribution in [-0.4, -0.2) is 35.4 Å². The largest absolute Gasteiger partial charge is 0.367 e. The van der Waals surface area contributed by atoms with Gasteiger partial charge in [-0.2, -0.15) is 0 Å². The number of nitro benzene ring substituents is 1. The van der Waals surface area contributed by atoms with E-state index in [1.54, 1.807) is 18.2 Å². The molecule has 0 bridgehead atoms. The van der Waals surface area contributed by atoms with E-state index in [0.717, 1.165) is 17.0 Å². The number of imide groups is 2. The third kappa shape index (κ3) is 2.73. The fourth-order valence-electron chi connectivity index (χ4n) is 5.02. The van der Waals surface area contributed by atoms with Gasteiger partial charge in [-0.3, -0.25) is 25.0 Å². The fraction of sp³-hybridized carbons (Fsp3) is 0.286. The van der Waals surface area contributed by atoms with Crippen molar-refractivity contribution in [3.63, 3.8) is 0 Å². The number of non-ortho nitro benzene ring substituents is 1. The third-order valence-corrected chi connectivity index (χ3v) is 6.62. The van der Waals surface area contributed by atoms with Crippen molar-refractivity contribution in [2.45, 2.75) is 25.3 Å². The van der Waals surface area contributed by atoms with Crippen LogP contribution < -0.4 is 15.1 Å². The topological polar surface area (TPSA) is 113 Å². The number of hydrogen-bond donors (Lipinski definition) is 1. The number of benzene rings is 2. The normalized spacial score (nSPS) is 24.8. The number of amides is 4. The molecular weight excluding hydrogens is 424 g/mol. The molecule has 0 saturated carbocycles. The molecule has 158 valence electrons. The Bertz CT molecular complexity index is 1150. The maximum Gasteiger partial charge on any atom is 0.335 e. The molecule has 3 heterocycles. The minimum Gasteiger partial charge on any atom is -0.367 e. The molecule has 5 rings (SSSR count). The molecule has 1 N–H and O–H groups in total. The molecule has 4 amide bonds. The second-order valence-electron chi connectivity index (χ2n) is 7.95. The molecule has 2 aromatic rings. The third-order valence-electron chi connectivity index (χ3n) is 6.37. The van der Waals surface area contributed by atoms with E-state index < -0.39 is 34.2 Å². The Hall–Kier alpha value is -3.46. The Kier molecular flexibility index (Phi) is 4.26. The summed E-state index contributed by atoms with van der Waals surface area (Å²) in [6.45, 7) is 0.618. The summed E-state index contributed by atoms with van der Waals surface area (Å²) in [5.41, 5.74) is -0.0451. The summed E-state index contributed by atoms with van der Waals surface area (Å²) in [5, 5.41) is 14.1. The quantitative estimate of drug-likeness (QED) is 0.436.